The number of hydrogen-bond donors (Lipinski definition) is 1. The van der Waals surface area contributed by atoms with E-state index in [1.165, 1.54) is 0 Å². The van der Waals surface area contributed by atoms with Crippen LogP contribution in [0.15, 0.2) is 18.2 Å². The molecular weight excluding hydrogens is 342 g/mol. The quantitative estimate of drug-likeness (QED) is 0.858. The van der Waals surface area contributed by atoms with E-state index in [1.54, 1.807) is 17.0 Å². The third kappa shape index (κ3) is 4.51. The number of carbonyl (C=O) groups is 2. The van der Waals surface area contributed by atoms with Crippen LogP contribution in [0.3, 0.4) is 0 Å². The highest BCUT2D eigenvalue weighted by molar-refractivity contribution is 6.31. The van der Waals surface area contributed by atoms with Crippen LogP contribution in [0.5, 0.6) is 0 Å². The minimum absolute atomic E-state index is 0.0290. The van der Waals surface area contributed by atoms with Crippen LogP contribution in [0.2, 0.25) is 5.02 Å². The molecule has 2 aliphatic rings. The molecule has 0 radical (unpaired) electrons. The lowest BCUT2D eigenvalue weighted by molar-refractivity contribution is -0.126. The van der Waals surface area contributed by atoms with Gasteiger partial charge in [0.2, 0.25) is 11.8 Å². The number of ether oxygens (including phenoxy) is 1. The number of hydrogen-bond acceptors (Lipinski definition) is 4. The molecule has 136 valence electrons. The van der Waals surface area contributed by atoms with E-state index in [2.05, 4.69) is 10.2 Å². The molecule has 3 rings (SSSR count). The maximum atomic E-state index is 12.4. The lowest BCUT2D eigenvalue weighted by Crippen LogP contribution is -2.42. The second-order valence-electron chi connectivity index (χ2n) is 6.58. The molecule has 2 heterocycles. The van der Waals surface area contributed by atoms with Crippen LogP contribution in [0.4, 0.5) is 5.69 Å². The van der Waals surface area contributed by atoms with E-state index >= 15 is 0 Å². The highest BCUT2D eigenvalue weighted by atomic mass is 35.5. The summed E-state index contributed by atoms with van der Waals surface area (Å²) >= 11 is 6.05. The minimum atomic E-state index is -0.310. The molecule has 6 nitrogen and oxygen atoms in total. The summed E-state index contributed by atoms with van der Waals surface area (Å²) in [6.07, 6.45) is 0.245. The largest absolute Gasteiger partial charge is 0.379 e. The molecular formula is C18H24ClN3O3. The summed E-state index contributed by atoms with van der Waals surface area (Å²) < 4.78 is 5.31. The number of nitrogens with zero attached hydrogens (tertiary/aromatic N) is 2. The van der Waals surface area contributed by atoms with Crippen LogP contribution in [0.25, 0.3) is 0 Å². The average molecular weight is 366 g/mol. The van der Waals surface area contributed by atoms with Gasteiger partial charge in [-0.25, -0.2) is 0 Å². The van der Waals surface area contributed by atoms with Gasteiger partial charge in [-0.2, -0.15) is 0 Å². The van der Waals surface area contributed by atoms with Crippen molar-refractivity contribution in [2.45, 2.75) is 13.3 Å². The third-order valence-electron chi connectivity index (χ3n) is 4.79. The summed E-state index contributed by atoms with van der Waals surface area (Å²) in [6, 6.07) is 5.48. The second-order valence-corrected chi connectivity index (χ2v) is 7.02. The Bertz CT molecular complexity index is 646. The molecule has 2 fully saturated rings. The van der Waals surface area contributed by atoms with Crippen molar-refractivity contribution in [2.24, 2.45) is 5.92 Å². The van der Waals surface area contributed by atoms with Gasteiger partial charge >= 0.3 is 0 Å². The first-order chi connectivity index (χ1) is 12.0. The molecule has 1 N–H and O–H groups in total. The monoisotopic (exact) mass is 365 g/mol. The van der Waals surface area contributed by atoms with E-state index in [-0.39, 0.29) is 24.2 Å². The molecule has 7 heteroatoms. The normalized spacial score (nSPS) is 21.6. The summed E-state index contributed by atoms with van der Waals surface area (Å²) in [5, 5.41) is 3.55. The number of rotatable bonds is 5. The molecule has 2 saturated heterocycles. The van der Waals surface area contributed by atoms with Crippen molar-refractivity contribution in [3.05, 3.63) is 28.8 Å². The van der Waals surface area contributed by atoms with Gasteiger partial charge in [0.15, 0.2) is 0 Å². The van der Waals surface area contributed by atoms with Crippen molar-refractivity contribution in [3.8, 4) is 0 Å². The van der Waals surface area contributed by atoms with Gasteiger partial charge < -0.3 is 15.0 Å². The highest BCUT2D eigenvalue weighted by Gasteiger charge is 2.35. The number of halogens is 1. The lowest BCUT2D eigenvalue weighted by atomic mass is 10.1. The molecule has 0 spiro atoms. The number of carbonyl (C=O) groups excluding carboxylic acids is 2. The average Bonchev–Trinajstić information content (AvgIpc) is 3.00. The third-order valence-corrected chi connectivity index (χ3v) is 5.02. The van der Waals surface area contributed by atoms with Gasteiger partial charge in [-0.05, 0) is 24.6 Å². The van der Waals surface area contributed by atoms with Crippen LogP contribution in [0.1, 0.15) is 12.0 Å². The summed E-state index contributed by atoms with van der Waals surface area (Å²) in [7, 11) is 0. The van der Waals surface area contributed by atoms with Gasteiger partial charge in [0.25, 0.3) is 0 Å². The van der Waals surface area contributed by atoms with E-state index in [9.17, 15) is 9.59 Å². The molecule has 1 aromatic rings. The van der Waals surface area contributed by atoms with E-state index in [4.69, 9.17) is 16.3 Å². The fraction of sp³-hybridized carbons (Fsp3) is 0.556. The first kappa shape index (κ1) is 18.2. The topological polar surface area (TPSA) is 61.9 Å². The Morgan fingerprint density at radius 1 is 1.36 bits per heavy atom. The molecule has 0 bridgehead atoms. The van der Waals surface area contributed by atoms with Crippen molar-refractivity contribution in [3.63, 3.8) is 0 Å². The molecule has 2 amide bonds. The van der Waals surface area contributed by atoms with E-state index in [1.807, 2.05) is 13.0 Å². The fourth-order valence-electron chi connectivity index (χ4n) is 3.30. The Balaban J connectivity index is 1.52. The molecule has 2 aliphatic heterocycles. The Labute approximate surface area is 153 Å². The van der Waals surface area contributed by atoms with Gasteiger partial charge in [-0.3, -0.25) is 14.5 Å². The number of aryl methyl sites for hydroxylation is 1. The molecule has 0 aromatic heterocycles. The summed E-state index contributed by atoms with van der Waals surface area (Å²) in [5.41, 5.74) is 1.77. The van der Waals surface area contributed by atoms with Gasteiger partial charge in [0.05, 0.1) is 19.1 Å². The first-order valence-corrected chi connectivity index (χ1v) is 9.06. The van der Waals surface area contributed by atoms with Crippen LogP contribution in [-0.2, 0) is 14.3 Å². The van der Waals surface area contributed by atoms with E-state index in [0.29, 0.717) is 18.1 Å². The maximum absolute atomic E-state index is 12.4. The van der Waals surface area contributed by atoms with Crippen LogP contribution < -0.4 is 10.2 Å². The SMILES string of the molecule is Cc1ccc(Cl)cc1N1CC(C(=O)NCCN2CCOCC2)CC1=O. The van der Waals surface area contributed by atoms with E-state index in [0.717, 1.165) is 44.1 Å². The molecule has 1 unspecified atom stereocenters. The molecule has 0 aliphatic carbocycles. The number of morpholine rings is 1. The van der Waals surface area contributed by atoms with Crippen LogP contribution in [-0.4, -0.2) is 62.7 Å². The molecule has 0 saturated carbocycles. The second kappa shape index (κ2) is 8.17. The Morgan fingerprint density at radius 2 is 2.12 bits per heavy atom. The van der Waals surface area contributed by atoms with Crippen molar-refractivity contribution < 1.29 is 14.3 Å². The highest BCUT2D eigenvalue weighted by Crippen LogP contribution is 2.30. The van der Waals surface area contributed by atoms with Crippen molar-refractivity contribution in [2.75, 3.05) is 50.8 Å². The smallest absolute Gasteiger partial charge is 0.227 e. The number of amides is 2. The van der Waals surface area contributed by atoms with Crippen LogP contribution in [0, 0.1) is 12.8 Å². The van der Waals surface area contributed by atoms with Crippen molar-refractivity contribution >= 4 is 29.1 Å². The summed E-state index contributed by atoms with van der Waals surface area (Å²) in [4.78, 5) is 28.7. The standard InChI is InChI=1S/C18H24ClN3O3/c1-13-2-3-15(19)11-16(13)22-12-14(10-17(22)23)18(24)20-4-5-21-6-8-25-9-7-21/h2-3,11,14H,4-10,12H2,1H3,(H,20,24). The van der Waals surface area contributed by atoms with Gasteiger partial charge in [-0.15, -0.1) is 0 Å². The maximum Gasteiger partial charge on any atom is 0.227 e. The Morgan fingerprint density at radius 3 is 2.88 bits per heavy atom. The van der Waals surface area contributed by atoms with Gasteiger partial charge in [0.1, 0.15) is 0 Å². The minimum Gasteiger partial charge on any atom is -0.379 e. The number of benzene rings is 1. The van der Waals surface area contributed by atoms with E-state index < -0.39 is 0 Å². The fourth-order valence-corrected chi connectivity index (χ4v) is 3.46. The summed E-state index contributed by atoms with van der Waals surface area (Å²) in [6.45, 7) is 7.06. The molecule has 1 aromatic carbocycles. The molecule has 25 heavy (non-hydrogen) atoms. The predicted molar refractivity (Wildman–Crippen MR) is 96.9 cm³/mol. The summed E-state index contributed by atoms with van der Waals surface area (Å²) in [5.74, 6) is -0.391. The van der Waals surface area contributed by atoms with Crippen LogP contribution >= 0.6 is 11.6 Å². The zero-order chi connectivity index (χ0) is 17.8. The van der Waals surface area contributed by atoms with Crippen molar-refractivity contribution in [1.29, 1.82) is 0 Å². The first-order valence-electron chi connectivity index (χ1n) is 8.69. The molecule has 1 atom stereocenters. The zero-order valence-electron chi connectivity index (χ0n) is 14.5. The Hall–Kier alpha value is -1.63. The van der Waals surface area contributed by atoms with Gasteiger partial charge in [0, 0.05) is 49.9 Å². The Kier molecular flexibility index (Phi) is 5.93. The van der Waals surface area contributed by atoms with Crippen molar-refractivity contribution in [1.82, 2.24) is 10.2 Å². The predicted octanol–water partition coefficient (Wildman–Crippen LogP) is 1.45. The number of nitrogens with one attached hydrogen (secondary N) is 1. The lowest BCUT2D eigenvalue weighted by Gasteiger charge is -2.26. The van der Waals surface area contributed by atoms with Gasteiger partial charge in [-0.1, -0.05) is 17.7 Å². The number of anilines is 1. The zero-order valence-corrected chi connectivity index (χ0v) is 15.2.